The topological polar surface area (TPSA) is 75.3 Å². The maximum Gasteiger partial charge on any atom is 0.250 e. The number of aryl methyl sites for hydroxylation is 1. The zero-order valence-electron chi connectivity index (χ0n) is 15.1. The first-order chi connectivity index (χ1) is 13.3. The number of carbonyl (C=O) groups is 1. The van der Waals surface area contributed by atoms with Crippen LogP contribution >= 0.6 is 11.3 Å². The van der Waals surface area contributed by atoms with Gasteiger partial charge in [0.05, 0.1) is 0 Å². The molecule has 2 aromatic carbocycles. The number of amides is 1. The van der Waals surface area contributed by atoms with E-state index in [2.05, 4.69) is 10.0 Å². The minimum atomic E-state index is -3.84. The van der Waals surface area contributed by atoms with Crippen molar-refractivity contribution in [2.45, 2.75) is 23.6 Å². The van der Waals surface area contributed by atoms with Gasteiger partial charge in [-0.1, -0.05) is 36.4 Å². The van der Waals surface area contributed by atoms with E-state index in [1.54, 1.807) is 18.4 Å². The Balaban J connectivity index is 1.85. The first-order valence-electron chi connectivity index (χ1n) is 8.52. The molecule has 0 aliphatic heterocycles. The lowest BCUT2D eigenvalue weighted by molar-refractivity contribution is -0.117. The molecule has 0 aliphatic rings. The summed E-state index contributed by atoms with van der Waals surface area (Å²) in [4.78, 5) is 12.9. The molecule has 3 rings (SSSR count). The highest BCUT2D eigenvalue weighted by Gasteiger charge is 2.27. The quantitative estimate of drug-likeness (QED) is 0.614. The van der Waals surface area contributed by atoms with Gasteiger partial charge in [0.25, 0.3) is 10.0 Å². The smallest absolute Gasteiger partial charge is 0.250 e. The number of hydrogen-bond acceptors (Lipinski definition) is 4. The van der Waals surface area contributed by atoms with Gasteiger partial charge in [0.15, 0.2) is 0 Å². The monoisotopic (exact) mass is 418 g/mol. The van der Waals surface area contributed by atoms with E-state index in [-0.39, 0.29) is 10.6 Å². The lowest BCUT2D eigenvalue weighted by Crippen LogP contribution is -2.45. The van der Waals surface area contributed by atoms with Crippen LogP contribution in [0.4, 0.5) is 10.1 Å². The molecule has 0 saturated carbocycles. The summed E-state index contributed by atoms with van der Waals surface area (Å²) in [7, 11) is -3.84. The van der Waals surface area contributed by atoms with Crippen LogP contribution in [0.25, 0.3) is 0 Å². The van der Waals surface area contributed by atoms with Gasteiger partial charge in [0.2, 0.25) is 5.91 Å². The maximum atomic E-state index is 13.3. The molecule has 1 heterocycles. The second kappa shape index (κ2) is 8.64. The normalized spacial score (nSPS) is 12.5. The minimum absolute atomic E-state index is 0.135. The molecule has 0 spiro atoms. The fourth-order valence-corrected chi connectivity index (χ4v) is 4.89. The summed E-state index contributed by atoms with van der Waals surface area (Å²) >= 11 is 1.07. The van der Waals surface area contributed by atoms with Crippen molar-refractivity contribution in [3.63, 3.8) is 0 Å². The standard InChI is InChI=1S/C20H19FN2O3S2/c1-14-12-16(21)9-10-17(14)22-20(24)18(13-15-6-3-2-4-7-15)23-28(25,26)19-8-5-11-27-19/h2-12,18,23H,13H2,1H3,(H,22,24)/t18-/m0/s1. The van der Waals surface area contributed by atoms with Gasteiger partial charge in [-0.05, 0) is 54.1 Å². The van der Waals surface area contributed by atoms with Crippen LogP contribution in [0.3, 0.4) is 0 Å². The molecule has 1 aromatic heterocycles. The van der Waals surface area contributed by atoms with Gasteiger partial charge in [-0.15, -0.1) is 11.3 Å². The largest absolute Gasteiger partial charge is 0.324 e. The molecular formula is C20H19FN2O3S2. The molecule has 1 amide bonds. The molecule has 0 fully saturated rings. The molecule has 5 nitrogen and oxygen atoms in total. The first kappa shape index (κ1) is 20.2. The molecule has 0 bridgehead atoms. The Morgan fingerprint density at radius 1 is 1.11 bits per heavy atom. The zero-order chi connectivity index (χ0) is 20.1. The van der Waals surface area contributed by atoms with Crippen LogP contribution in [0.5, 0.6) is 0 Å². The number of benzene rings is 2. The fourth-order valence-electron chi connectivity index (χ4n) is 2.69. The molecule has 2 N–H and O–H groups in total. The molecule has 8 heteroatoms. The summed E-state index contributed by atoms with van der Waals surface area (Å²) in [5.74, 6) is -0.923. The van der Waals surface area contributed by atoms with Gasteiger partial charge >= 0.3 is 0 Å². The lowest BCUT2D eigenvalue weighted by atomic mass is 10.1. The van der Waals surface area contributed by atoms with Gasteiger partial charge < -0.3 is 5.32 Å². The molecule has 0 radical (unpaired) electrons. The van der Waals surface area contributed by atoms with Gasteiger partial charge in [-0.2, -0.15) is 4.72 Å². The number of hydrogen-bond donors (Lipinski definition) is 2. The number of rotatable bonds is 7. The first-order valence-corrected chi connectivity index (χ1v) is 10.9. The van der Waals surface area contributed by atoms with E-state index < -0.39 is 27.8 Å². The molecule has 1 atom stereocenters. The maximum absolute atomic E-state index is 13.3. The van der Waals surface area contributed by atoms with Crippen molar-refractivity contribution in [1.29, 1.82) is 0 Å². The minimum Gasteiger partial charge on any atom is -0.324 e. The Labute approximate surface area is 167 Å². The highest BCUT2D eigenvalue weighted by molar-refractivity contribution is 7.91. The highest BCUT2D eigenvalue weighted by atomic mass is 32.2. The summed E-state index contributed by atoms with van der Waals surface area (Å²) in [6.07, 6.45) is 0.178. The number of anilines is 1. The Morgan fingerprint density at radius 3 is 2.50 bits per heavy atom. The van der Waals surface area contributed by atoms with E-state index in [4.69, 9.17) is 0 Å². The molecule has 0 unspecified atom stereocenters. The fraction of sp³-hybridized carbons (Fsp3) is 0.150. The van der Waals surface area contributed by atoms with Crippen LogP contribution in [-0.2, 0) is 21.2 Å². The van der Waals surface area contributed by atoms with Crippen molar-refractivity contribution in [2.75, 3.05) is 5.32 Å². The van der Waals surface area contributed by atoms with E-state index >= 15 is 0 Å². The number of carbonyl (C=O) groups excluding carboxylic acids is 1. The molecule has 146 valence electrons. The highest BCUT2D eigenvalue weighted by Crippen LogP contribution is 2.19. The third-order valence-corrected chi connectivity index (χ3v) is 6.97. The molecule has 0 saturated heterocycles. The molecule has 3 aromatic rings. The predicted octanol–water partition coefficient (Wildman–Crippen LogP) is 3.72. The third-order valence-electron chi connectivity index (χ3n) is 4.10. The van der Waals surface area contributed by atoms with E-state index in [1.165, 1.54) is 24.3 Å². The number of nitrogens with one attached hydrogen (secondary N) is 2. The average Bonchev–Trinajstić information content (AvgIpc) is 3.20. The van der Waals surface area contributed by atoms with Crippen LogP contribution in [0.15, 0.2) is 70.3 Å². The van der Waals surface area contributed by atoms with E-state index in [0.29, 0.717) is 11.3 Å². The Kier molecular flexibility index (Phi) is 6.23. The summed E-state index contributed by atoms with van der Waals surface area (Å²) in [5, 5.41) is 4.35. The van der Waals surface area contributed by atoms with Gasteiger partial charge in [0.1, 0.15) is 16.1 Å². The Morgan fingerprint density at radius 2 is 1.86 bits per heavy atom. The van der Waals surface area contributed by atoms with Crippen LogP contribution in [0.1, 0.15) is 11.1 Å². The Bertz CT molecular complexity index is 1050. The van der Waals surface area contributed by atoms with Gasteiger partial charge in [-0.3, -0.25) is 4.79 Å². The second-order valence-electron chi connectivity index (χ2n) is 6.24. The molecule has 28 heavy (non-hydrogen) atoms. The summed E-state index contributed by atoms with van der Waals surface area (Å²) in [6.45, 7) is 1.67. The lowest BCUT2D eigenvalue weighted by Gasteiger charge is -2.19. The molecule has 0 aliphatic carbocycles. The summed E-state index contributed by atoms with van der Waals surface area (Å²) in [6, 6.07) is 15.2. The zero-order valence-corrected chi connectivity index (χ0v) is 16.7. The summed E-state index contributed by atoms with van der Waals surface area (Å²) in [5.41, 5.74) is 1.79. The van der Waals surface area contributed by atoms with Crippen LogP contribution in [-0.4, -0.2) is 20.4 Å². The van der Waals surface area contributed by atoms with E-state index in [1.807, 2.05) is 30.3 Å². The average molecular weight is 419 g/mol. The van der Waals surface area contributed by atoms with Crippen molar-refractivity contribution in [3.8, 4) is 0 Å². The van der Waals surface area contributed by atoms with E-state index in [0.717, 1.165) is 16.9 Å². The van der Waals surface area contributed by atoms with Crippen molar-refractivity contribution in [3.05, 3.63) is 83.0 Å². The predicted molar refractivity (Wildman–Crippen MR) is 108 cm³/mol. The van der Waals surface area contributed by atoms with Crippen molar-refractivity contribution in [1.82, 2.24) is 4.72 Å². The SMILES string of the molecule is Cc1cc(F)ccc1NC(=O)[C@H](Cc1ccccc1)NS(=O)(=O)c1cccs1. The van der Waals surface area contributed by atoms with Crippen LogP contribution < -0.4 is 10.0 Å². The summed E-state index contributed by atoms with van der Waals surface area (Å²) < 4.78 is 41.2. The van der Waals surface area contributed by atoms with Crippen LogP contribution in [0.2, 0.25) is 0 Å². The van der Waals surface area contributed by atoms with Gasteiger partial charge in [0, 0.05) is 5.69 Å². The Hall–Kier alpha value is -2.55. The third kappa shape index (κ3) is 5.03. The van der Waals surface area contributed by atoms with Crippen molar-refractivity contribution in [2.24, 2.45) is 0 Å². The second-order valence-corrected chi connectivity index (χ2v) is 9.13. The van der Waals surface area contributed by atoms with Crippen molar-refractivity contribution < 1.29 is 17.6 Å². The number of halogens is 1. The van der Waals surface area contributed by atoms with E-state index in [9.17, 15) is 17.6 Å². The van der Waals surface area contributed by atoms with Crippen LogP contribution in [0, 0.1) is 12.7 Å². The van der Waals surface area contributed by atoms with Crippen molar-refractivity contribution >= 4 is 33.0 Å². The number of thiophene rings is 1. The molecular weight excluding hydrogens is 399 g/mol. The number of sulfonamides is 1. The van der Waals surface area contributed by atoms with Gasteiger partial charge in [-0.25, -0.2) is 12.8 Å².